The molecular formula is C11H21NOS. The second-order valence-electron chi connectivity index (χ2n) is 4.49. The quantitative estimate of drug-likeness (QED) is 0.705. The second kappa shape index (κ2) is 5.06. The van der Waals surface area contributed by atoms with Crippen molar-refractivity contribution >= 4 is 17.7 Å². The molecule has 1 rings (SSSR count). The first-order valence-electron chi connectivity index (χ1n) is 5.47. The van der Waals surface area contributed by atoms with Crippen molar-refractivity contribution in [2.75, 3.05) is 18.8 Å². The molecule has 1 heterocycles. The lowest BCUT2D eigenvalue weighted by Crippen LogP contribution is -2.33. The average Bonchev–Trinajstić information content (AvgIpc) is 2.27. The Morgan fingerprint density at radius 3 is 2.79 bits per heavy atom. The van der Waals surface area contributed by atoms with Gasteiger partial charge in [0.1, 0.15) is 0 Å². The number of rotatable bonds is 2. The van der Waals surface area contributed by atoms with Crippen molar-refractivity contribution in [3.05, 3.63) is 0 Å². The van der Waals surface area contributed by atoms with Gasteiger partial charge in [-0.25, -0.2) is 0 Å². The van der Waals surface area contributed by atoms with Gasteiger partial charge in [0.15, 0.2) is 0 Å². The summed E-state index contributed by atoms with van der Waals surface area (Å²) in [6.07, 6.45) is 2.80. The average molecular weight is 215 g/mol. The summed E-state index contributed by atoms with van der Waals surface area (Å²) < 4.78 is 0.348. The highest BCUT2D eigenvalue weighted by molar-refractivity contribution is 8.00. The molecule has 0 atom stereocenters. The third-order valence-electron chi connectivity index (χ3n) is 2.65. The maximum atomic E-state index is 11.7. The molecule has 1 aliphatic rings. The lowest BCUT2D eigenvalue weighted by molar-refractivity contribution is -0.131. The first-order valence-corrected chi connectivity index (χ1v) is 6.45. The summed E-state index contributed by atoms with van der Waals surface area (Å²) in [4.78, 5) is 13.7. The molecule has 3 heteroatoms. The summed E-state index contributed by atoms with van der Waals surface area (Å²) >= 11 is 1.99. The van der Waals surface area contributed by atoms with Crippen LogP contribution >= 0.6 is 11.8 Å². The van der Waals surface area contributed by atoms with Crippen LogP contribution in [0, 0.1) is 0 Å². The van der Waals surface area contributed by atoms with Crippen molar-refractivity contribution in [1.82, 2.24) is 4.90 Å². The topological polar surface area (TPSA) is 20.3 Å². The van der Waals surface area contributed by atoms with Gasteiger partial charge in [0.2, 0.25) is 5.91 Å². The van der Waals surface area contributed by atoms with Crippen LogP contribution in [0.3, 0.4) is 0 Å². The molecular weight excluding hydrogens is 194 g/mol. The Hall–Kier alpha value is -0.180. The third kappa shape index (κ3) is 3.52. The highest BCUT2D eigenvalue weighted by atomic mass is 32.2. The number of carbonyl (C=O) groups is 1. The summed E-state index contributed by atoms with van der Waals surface area (Å²) in [7, 11) is 0. The van der Waals surface area contributed by atoms with E-state index in [1.807, 2.05) is 16.7 Å². The van der Waals surface area contributed by atoms with Gasteiger partial charge >= 0.3 is 0 Å². The Balaban J connectivity index is 2.45. The Kier molecular flexibility index (Phi) is 4.30. The van der Waals surface area contributed by atoms with Crippen LogP contribution in [-0.2, 0) is 4.79 Å². The van der Waals surface area contributed by atoms with Gasteiger partial charge in [-0.2, -0.15) is 11.8 Å². The van der Waals surface area contributed by atoms with Crippen LogP contribution in [0.4, 0.5) is 0 Å². The Morgan fingerprint density at radius 1 is 1.43 bits per heavy atom. The summed E-state index contributed by atoms with van der Waals surface area (Å²) in [6, 6.07) is 0. The smallest absolute Gasteiger partial charge is 0.222 e. The minimum absolute atomic E-state index is 0.339. The Bertz CT molecular complexity index is 203. The van der Waals surface area contributed by atoms with Crippen molar-refractivity contribution < 1.29 is 4.79 Å². The minimum atomic E-state index is 0.339. The first kappa shape index (κ1) is 11.9. The summed E-state index contributed by atoms with van der Waals surface area (Å²) in [5.41, 5.74) is 0. The van der Waals surface area contributed by atoms with Crippen LogP contribution in [0.15, 0.2) is 0 Å². The Morgan fingerprint density at radius 2 is 2.14 bits per heavy atom. The normalized spacial score (nSPS) is 21.8. The molecule has 0 unspecified atom stereocenters. The Labute approximate surface area is 91.4 Å². The monoisotopic (exact) mass is 215 g/mol. The number of amides is 1. The molecule has 0 saturated carbocycles. The number of thioether (sulfide) groups is 1. The fourth-order valence-electron chi connectivity index (χ4n) is 1.64. The van der Waals surface area contributed by atoms with Crippen LogP contribution in [-0.4, -0.2) is 34.4 Å². The van der Waals surface area contributed by atoms with Crippen LogP contribution in [0.5, 0.6) is 0 Å². The van der Waals surface area contributed by atoms with Crippen molar-refractivity contribution in [3.63, 3.8) is 0 Å². The molecule has 1 amide bonds. The fraction of sp³-hybridized carbons (Fsp3) is 0.909. The van der Waals surface area contributed by atoms with Crippen molar-refractivity contribution in [2.24, 2.45) is 0 Å². The molecule has 1 aliphatic heterocycles. The van der Waals surface area contributed by atoms with Gasteiger partial charge in [0.25, 0.3) is 0 Å². The predicted octanol–water partition coefficient (Wildman–Crippen LogP) is 2.53. The third-order valence-corrected chi connectivity index (χ3v) is 4.03. The van der Waals surface area contributed by atoms with E-state index < -0.39 is 0 Å². The molecule has 82 valence electrons. The van der Waals surface area contributed by atoms with Crippen LogP contribution in [0.25, 0.3) is 0 Å². The van der Waals surface area contributed by atoms with Crippen molar-refractivity contribution in [1.29, 1.82) is 0 Å². The van der Waals surface area contributed by atoms with Crippen molar-refractivity contribution in [3.8, 4) is 0 Å². The standard InChI is InChI=1S/C11H21NOS/c1-4-5-10(13)12-7-6-11(2,3)14-9-8-12/h4-9H2,1-3H3. The van der Waals surface area contributed by atoms with Gasteiger partial charge in [-0.15, -0.1) is 0 Å². The molecule has 0 radical (unpaired) electrons. The molecule has 14 heavy (non-hydrogen) atoms. The van der Waals surface area contributed by atoms with Gasteiger partial charge in [-0.3, -0.25) is 4.79 Å². The van der Waals surface area contributed by atoms with Gasteiger partial charge < -0.3 is 4.90 Å². The summed E-state index contributed by atoms with van der Waals surface area (Å²) in [6.45, 7) is 8.48. The maximum Gasteiger partial charge on any atom is 0.222 e. The van der Waals surface area contributed by atoms with Gasteiger partial charge in [-0.05, 0) is 12.8 Å². The van der Waals surface area contributed by atoms with Crippen LogP contribution in [0.2, 0.25) is 0 Å². The molecule has 0 aromatic carbocycles. The van der Waals surface area contributed by atoms with Gasteiger partial charge in [0, 0.05) is 30.0 Å². The van der Waals surface area contributed by atoms with Crippen molar-refractivity contribution in [2.45, 2.75) is 44.8 Å². The lowest BCUT2D eigenvalue weighted by Gasteiger charge is -2.22. The highest BCUT2D eigenvalue weighted by Gasteiger charge is 2.25. The first-order chi connectivity index (χ1) is 6.55. The predicted molar refractivity (Wildman–Crippen MR) is 62.6 cm³/mol. The van der Waals surface area contributed by atoms with E-state index >= 15 is 0 Å². The van der Waals surface area contributed by atoms with Crippen LogP contribution in [0.1, 0.15) is 40.0 Å². The molecule has 0 aromatic heterocycles. The molecule has 0 aliphatic carbocycles. The van der Waals surface area contributed by atoms with E-state index in [1.165, 1.54) is 0 Å². The van der Waals surface area contributed by atoms with E-state index in [2.05, 4.69) is 20.8 Å². The zero-order chi connectivity index (χ0) is 10.6. The maximum absolute atomic E-state index is 11.7. The zero-order valence-corrected chi connectivity index (χ0v) is 10.3. The minimum Gasteiger partial charge on any atom is -0.342 e. The zero-order valence-electron chi connectivity index (χ0n) is 9.51. The van der Waals surface area contributed by atoms with E-state index in [0.29, 0.717) is 17.1 Å². The van der Waals surface area contributed by atoms with E-state index in [0.717, 1.165) is 31.7 Å². The van der Waals surface area contributed by atoms with Crippen LogP contribution < -0.4 is 0 Å². The molecule has 0 bridgehead atoms. The number of carbonyl (C=O) groups excluding carboxylic acids is 1. The molecule has 0 N–H and O–H groups in total. The fourth-order valence-corrected chi connectivity index (χ4v) is 2.74. The molecule has 1 fully saturated rings. The largest absolute Gasteiger partial charge is 0.342 e. The number of hydrogen-bond acceptors (Lipinski definition) is 2. The number of nitrogens with zero attached hydrogens (tertiary/aromatic N) is 1. The molecule has 0 spiro atoms. The lowest BCUT2D eigenvalue weighted by atomic mass is 10.1. The summed E-state index contributed by atoms with van der Waals surface area (Å²) in [5.74, 6) is 1.42. The van der Waals surface area contributed by atoms with Gasteiger partial charge in [0.05, 0.1) is 0 Å². The SMILES string of the molecule is CCCC(=O)N1CCSC(C)(C)CC1. The van der Waals surface area contributed by atoms with Gasteiger partial charge in [-0.1, -0.05) is 20.8 Å². The van der Waals surface area contributed by atoms with E-state index in [-0.39, 0.29) is 0 Å². The number of hydrogen-bond donors (Lipinski definition) is 0. The van der Waals surface area contributed by atoms with E-state index in [1.54, 1.807) is 0 Å². The molecule has 2 nitrogen and oxygen atoms in total. The highest BCUT2D eigenvalue weighted by Crippen LogP contribution is 2.30. The molecule has 0 aromatic rings. The van der Waals surface area contributed by atoms with E-state index in [4.69, 9.17) is 0 Å². The summed E-state index contributed by atoms with van der Waals surface area (Å²) in [5, 5.41) is 0. The molecule has 1 saturated heterocycles. The van der Waals surface area contributed by atoms with E-state index in [9.17, 15) is 4.79 Å². The second-order valence-corrected chi connectivity index (χ2v) is 6.29.